The molecule has 1 aromatic rings. The van der Waals surface area contributed by atoms with E-state index in [0.29, 0.717) is 12.1 Å². The van der Waals surface area contributed by atoms with Crippen LogP contribution in [0.3, 0.4) is 0 Å². The van der Waals surface area contributed by atoms with Crippen LogP contribution in [0.25, 0.3) is 10.4 Å². The van der Waals surface area contributed by atoms with Crippen molar-refractivity contribution < 1.29 is 13.7 Å². The highest BCUT2D eigenvalue weighted by atomic mass is 19.2. The van der Waals surface area contributed by atoms with Crippen LogP contribution in [0.15, 0.2) is 17.2 Å². The van der Waals surface area contributed by atoms with Crippen LogP contribution in [0.4, 0.5) is 14.5 Å². The highest BCUT2D eigenvalue weighted by Gasteiger charge is 2.16. The number of nitrogens with zero attached hydrogens (tertiary/aromatic N) is 4. The van der Waals surface area contributed by atoms with Crippen molar-refractivity contribution in [1.29, 1.82) is 0 Å². The average Bonchev–Trinajstić information content (AvgIpc) is 2.28. The monoisotopic (exact) mass is 238 g/mol. The third-order valence-electron chi connectivity index (χ3n) is 1.67. The van der Waals surface area contributed by atoms with Crippen LogP contribution in [0.1, 0.15) is 5.56 Å². The standard InChI is InChI=1S/C9H4F2N4O2/c10-7-4-6(2-1-3-13-14-12)9(15(16)17)5-8(7)11/h4-5H,3H2. The smallest absolute Gasteiger partial charge is 0.258 e. The van der Waals surface area contributed by atoms with Gasteiger partial charge in [0, 0.05) is 4.91 Å². The summed E-state index contributed by atoms with van der Waals surface area (Å²) in [6.45, 7) is -0.216. The lowest BCUT2D eigenvalue weighted by atomic mass is 10.1. The number of benzene rings is 1. The Kier molecular flexibility index (Phi) is 3.97. The van der Waals surface area contributed by atoms with E-state index in [0.717, 1.165) is 0 Å². The first-order chi connectivity index (χ1) is 8.06. The molecule has 8 heteroatoms. The fourth-order valence-corrected chi connectivity index (χ4v) is 0.989. The summed E-state index contributed by atoms with van der Waals surface area (Å²) in [6, 6.07) is 1.07. The van der Waals surface area contributed by atoms with Crippen LogP contribution >= 0.6 is 0 Å². The minimum Gasteiger partial charge on any atom is -0.258 e. The highest BCUT2D eigenvalue weighted by Crippen LogP contribution is 2.21. The quantitative estimate of drug-likeness (QED) is 0.198. The van der Waals surface area contributed by atoms with E-state index in [1.165, 1.54) is 0 Å². The van der Waals surface area contributed by atoms with E-state index in [1.54, 1.807) is 0 Å². The maximum absolute atomic E-state index is 12.9. The Labute approximate surface area is 93.6 Å². The van der Waals surface area contributed by atoms with Gasteiger partial charge in [-0.1, -0.05) is 17.0 Å². The number of azide groups is 1. The molecule has 86 valence electrons. The minimum absolute atomic E-state index is 0.216. The number of nitro groups is 1. The molecule has 6 nitrogen and oxygen atoms in total. The summed E-state index contributed by atoms with van der Waals surface area (Å²) in [5, 5.41) is 13.6. The second-order valence-electron chi connectivity index (χ2n) is 2.73. The van der Waals surface area contributed by atoms with Crippen molar-refractivity contribution in [1.82, 2.24) is 0 Å². The van der Waals surface area contributed by atoms with Gasteiger partial charge in [0.05, 0.1) is 17.5 Å². The molecule has 0 heterocycles. The van der Waals surface area contributed by atoms with Gasteiger partial charge in [-0.15, -0.1) is 0 Å². The molecular weight excluding hydrogens is 234 g/mol. The Morgan fingerprint density at radius 1 is 1.47 bits per heavy atom. The number of nitro benzene ring substituents is 1. The Hall–Kier alpha value is -2.65. The SMILES string of the molecule is [N-]=[N+]=NCC#Cc1cc(F)c(F)cc1[N+](=O)[O-]. The molecule has 0 aliphatic carbocycles. The lowest BCUT2D eigenvalue weighted by molar-refractivity contribution is -0.385. The summed E-state index contributed by atoms with van der Waals surface area (Å²) < 4.78 is 25.6. The predicted molar refractivity (Wildman–Crippen MR) is 53.9 cm³/mol. The van der Waals surface area contributed by atoms with E-state index in [-0.39, 0.29) is 12.1 Å². The molecule has 1 aromatic carbocycles. The van der Waals surface area contributed by atoms with Crippen molar-refractivity contribution in [2.24, 2.45) is 5.11 Å². The van der Waals surface area contributed by atoms with Crippen molar-refractivity contribution in [3.8, 4) is 11.8 Å². The number of hydrogen-bond donors (Lipinski definition) is 0. The van der Waals surface area contributed by atoms with Crippen LogP contribution in [-0.2, 0) is 0 Å². The predicted octanol–water partition coefficient (Wildman–Crippen LogP) is 2.53. The molecule has 0 unspecified atom stereocenters. The summed E-state index contributed by atoms with van der Waals surface area (Å²) in [7, 11) is 0. The largest absolute Gasteiger partial charge is 0.288 e. The minimum atomic E-state index is -1.32. The zero-order chi connectivity index (χ0) is 12.8. The van der Waals surface area contributed by atoms with E-state index in [9.17, 15) is 18.9 Å². The molecule has 0 spiro atoms. The van der Waals surface area contributed by atoms with Gasteiger partial charge < -0.3 is 0 Å². The van der Waals surface area contributed by atoms with Crippen molar-refractivity contribution >= 4 is 5.69 Å². The lowest BCUT2D eigenvalue weighted by Crippen LogP contribution is -1.96. The van der Waals surface area contributed by atoms with Crippen LogP contribution in [0.5, 0.6) is 0 Å². The summed E-state index contributed by atoms with van der Waals surface area (Å²) in [5.41, 5.74) is 7.04. The van der Waals surface area contributed by atoms with E-state index in [2.05, 4.69) is 21.9 Å². The van der Waals surface area contributed by atoms with Gasteiger partial charge in [-0.25, -0.2) is 8.78 Å². The van der Waals surface area contributed by atoms with Gasteiger partial charge >= 0.3 is 0 Å². The summed E-state index contributed by atoms with van der Waals surface area (Å²) in [6.07, 6.45) is 0. The molecule has 0 fully saturated rings. The van der Waals surface area contributed by atoms with Crippen LogP contribution in [0, 0.1) is 33.6 Å². The average molecular weight is 238 g/mol. The second-order valence-corrected chi connectivity index (χ2v) is 2.73. The molecule has 0 aromatic heterocycles. The molecule has 0 amide bonds. The number of hydrogen-bond acceptors (Lipinski definition) is 3. The second kappa shape index (κ2) is 5.44. The normalized spacial score (nSPS) is 8.82. The van der Waals surface area contributed by atoms with E-state index in [4.69, 9.17) is 5.53 Å². The first kappa shape index (κ1) is 12.4. The van der Waals surface area contributed by atoms with Gasteiger partial charge in [0.2, 0.25) is 0 Å². The Morgan fingerprint density at radius 2 is 2.12 bits per heavy atom. The first-order valence-corrected chi connectivity index (χ1v) is 4.19. The van der Waals surface area contributed by atoms with E-state index < -0.39 is 22.2 Å². The maximum atomic E-state index is 12.9. The molecule has 0 saturated carbocycles. The van der Waals surface area contributed by atoms with Gasteiger partial charge in [-0.3, -0.25) is 10.1 Å². The third-order valence-corrected chi connectivity index (χ3v) is 1.67. The van der Waals surface area contributed by atoms with Gasteiger partial charge in [0.1, 0.15) is 5.56 Å². The van der Waals surface area contributed by atoms with Crippen LogP contribution in [-0.4, -0.2) is 11.5 Å². The number of rotatable bonds is 2. The summed E-state index contributed by atoms with van der Waals surface area (Å²) >= 11 is 0. The van der Waals surface area contributed by atoms with Crippen molar-refractivity contribution in [2.45, 2.75) is 0 Å². The Balaban J connectivity index is 3.20. The van der Waals surface area contributed by atoms with Gasteiger partial charge in [0.25, 0.3) is 5.69 Å². The zero-order valence-corrected chi connectivity index (χ0v) is 8.22. The van der Waals surface area contributed by atoms with Crippen molar-refractivity contribution in [3.63, 3.8) is 0 Å². The topological polar surface area (TPSA) is 91.9 Å². The van der Waals surface area contributed by atoms with E-state index in [1.807, 2.05) is 0 Å². The maximum Gasteiger partial charge on any atom is 0.288 e. The number of halogens is 2. The van der Waals surface area contributed by atoms with Gasteiger partial charge in [-0.05, 0) is 11.6 Å². The van der Waals surface area contributed by atoms with Crippen LogP contribution in [0.2, 0.25) is 0 Å². The molecule has 0 aliphatic rings. The molecule has 0 radical (unpaired) electrons. The van der Waals surface area contributed by atoms with Gasteiger partial charge in [0.15, 0.2) is 11.6 Å². The zero-order valence-electron chi connectivity index (χ0n) is 8.22. The summed E-state index contributed by atoms with van der Waals surface area (Å²) in [4.78, 5) is 12.1. The molecule has 1 rings (SSSR count). The molecule has 0 N–H and O–H groups in total. The Morgan fingerprint density at radius 3 is 2.71 bits per heavy atom. The molecule has 0 aliphatic heterocycles. The molecule has 17 heavy (non-hydrogen) atoms. The fourth-order valence-electron chi connectivity index (χ4n) is 0.989. The summed E-state index contributed by atoms with van der Waals surface area (Å²) in [5.74, 6) is 1.96. The fraction of sp³-hybridized carbons (Fsp3) is 0.111. The third kappa shape index (κ3) is 3.15. The molecule has 0 bridgehead atoms. The van der Waals surface area contributed by atoms with Crippen LogP contribution < -0.4 is 0 Å². The van der Waals surface area contributed by atoms with Crippen molar-refractivity contribution in [3.05, 3.63) is 49.9 Å². The van der Waals surface area contributed by atoms with E-state index >= 15 is 0 Å². The molecule has 0 saturated heterocycles. The lowest BCUT2D eigenvalue weighted by Gasteiger charge is -1.97. The Bertz CT molecular complexity index is 570. The van der Waals surface area contributed by atoms with Crippen molar-refractivity contribution in [2.75, 3.05) is 6.54 Å². The molecule has 0 atom stereocenters. The highest BCUT2D eigenvalue weighted by molar-refractivity contribution is 5.51. The molecular formula is C9H4F2N4O2. The van der Waals surface area contributed by atoms with Gasteiger partial charge in [-0.2, -0.15) is 0 Å². The first-order valence-electron chi connectivity index (χ1n) is 4.19.